The van der Waals surface area contributed by atoms with Crippen LogP contribution in [0.1, 0.15) is 18.1 Å². The second-order valence-corrected chi connectivity index (χ2v) is 7.77. The van der Waals surface area contributed by atoms with Crippen LogP contribution in [0.3, 0.4) is 0 Å². The van der Waals surface area contributed by atoms with Crippen molar-refractivity contribution < 1.29 is 14.3 Å². The first-order valence-corrected chi connectivity index (χ1v) is 10.3. The molecule has 1 N–H and O–H groups in total. The molecule has 2 aromatic carbocycles. The lowest BCUT2D eigenvalue weighted by atomic mass is 10.1. The number of halogens is 2. The molecule has 0 spiro atoms. The number of carbonyl (C=O) groups is 1. The Morgan fingerprint density at radius 1 is 1.22 bits per heavy atom. The number of ether oxygens (including phenoxy) is 2. The zero-order valence-electron chi connectivity index (χ0n) is 14.9. The van der Waals surface area contributed by atoms with Crippen molar-refractivity contribution in [1.82, 2.24) is 5.32 Å². The summed E-state index contributed by atoms with van der Waals surface area (Å²) in [5, 5.41) is 12.1. The van der Waals surface area contributed by atoms with Crippen LogP contribution in [-0.4, -0.2) is 19.6 Å². The van der Waals surface area contributed by atoms with E-state index < -0.39 is 5.91 Å². The van der Waals surface area contributed by atoms with Gasteiger partial charge in [0.25, 0.3) is 5.91 Å². The van der Waals surface area contributed by atoms with Gasteiger partial charge in [0.1, 0.15) is 23.1 Å². The van der Waals surface area contributed by atoms with Gasteiger partial charge in [0.2, 0.25) is 0 Å². The number of methoxy groups -OCH3 is 1. The van der Waals surface area contributed by atoms with Crippen LogP contribution in [0.2, 0.25) is 0 Å². The number of nitriles is 1. The highest BCUT2D eigenvalue weighted by molar-refractivity contribution is 14.1. The van der Waals surface area contributed by atoms with Crippen molar-refractivity contribution in [3.05, 3.63) is 60.2 Å². The Morgan fingerprint density at radius 3 is 2.37 bits per heavy atom. The Bertz CT molecular complexity index is 864. The highest BCUT2D eigenvalue weighted by Gasteiger charge is 2.12. The van der Waals surface area contributed by atoms with Crippen molar-refractivity contribution in [3.8, 4) is 17.6 Å². The molecule has 0 unspecified atom stereocenters. The first-order valence-electron chi connectivity index (χ1n) is 8.13. The van der Waals surface area contributed by atoms with Crippen LogP contribution in [0.5, 0.6) is 11.5 Å². The molecule has 0 heterocycles. The van der Waals surface area contributed by atoms with E-state index >= 15 is 0 Å². The summed E-state index contributed by atoms with van der Waals surface area (Å²) in [6.45, 7) is 2.85. The molecule has 140 valence electrons. The highest BCUT2D eigenvalue weighted by Crippen LogP contribution is 2.29. The molecule has 0 aromatic heterocycles. The number of nitrogens with one attached hydrogen (secondary N) is 1. The van der Waals surface area contributed by atoms with Crippen LogP contribution < -0.4 is 14.8 Å². The van der Waals surface area contributed by atoms with E-state index in [1.54, 1.807) is 13.2 Å². The van der Waals surface area contributed by atoms with E-state index in [2.05, 4.69) is 50.5 Å². The molecule has 5 nitrogen and oxygen atoms in total. The normalized spacial score (nSPS) is 10.9. The van der Waals surface area contributed by atoms with Crippen LogP contribution >= 0.6 is 45.2 Å². The van der Waals surface area contributed by atoms with Gasteiger partial charge in [-0.2, -0.15) is 5.26 Å². The average Bonchev–Trinajstić information content (AvgIpc) is 2.67. The summed E-state index contributed by atoms with van der Waals surface area (Å²) < 4.78 is 12.6. The monoisotopic (exact) mass is 588 g/mol. The van der Waals surface area contributed by atoms with Gasteiger partial charge in [-0.1, -0.05) is 12.1 Å². The van der Waals surface area contributed by atoms with Gasteiger partial charge in [-0.3, -0.25) is 4.79 Å². The first kappa shape index (κ1) is 21.5. The lowest BCUT2D eigenvalue weighted by Gasteiger charge is -2.10. The Balaban J connectivity index is 2.12. The van der Waals surface area contributed by atoms with E-state index in [0.29, 0.717) is 13.2 Å². The highest BCUT2D eigenvalue weighted by atomic mass is 127. The minimum Gasteiger partial charge on any atom is -0.497 e. The fourth-order valence-electron chi connectivity index (χ4n) is 2.28. The van der Waals surface area contributed by atoms with Crippen molar-refractivity contribution in [2.24, 2.45) is 0 Å². The van der Waals surface area contributed by atoms with E-state index in [1.807, 2.05) is 49.4 Å². The third-order valence-electron chi connectivity index (χ3n) is 3.60. The summed E-state index contributed by atoms with van der Waals surface area (Å²) in [5.74, 6) is 1.16. The summed E-state index contributed by atoms with van der Waals surface area (Å²) in [5.41, 5.74) is 1.76. The van der Waals surface area contributed by atoms with E-state index in [9.17, 15) is 10.1 Å². The summed E-state index contributed by atoms with van der Waals surface area (Å²) in [7, 11) is 1.60. The molecule has 0 fully saturated rings. The predicted molar refractivity (Wildman–Crippen MR) is 121 cm³/mol. The number of nitrogens with zero attached hydrogens (tertiary/aromatic N) is 1. The van der Waals surface area contributed by atoms with Crippen molar-refractivity contribution in [2.45, 2.75) is 13.5 Å². The topological polar surface area (TPSA) is 71.3 Å². The molecule has 2 aromatic rings. The molecule has 0 bridgehead atoms. The van der Waals surface area contributed by atoms with Gasteiger partial charge in [0, 0.05) is 6.54 Å². The predicted octanol–water partition coefficient (Wildman–Crippen LogP) is 4.53. The van der Waals surface area contributed by atoms with Gasteiger partial charge >= 0.3 is 0 Å². The van der Waals surface area contributed by atoms with Crippen molar-refractivity contribution in [3.63, 3.8) is 0 Å². The molecule has 2 rings (SSSR count). The third kappa shape index (κ3) is 6.10. The van der Waals surface area contributed by atoms with Crippen LogP contribution in [0.25, 0.3) is 6.08 Å². The molecule has 0 aliphatic carbocycles. The Hall–Kier alpha value is -1.80. The summed E-state index contributed by atoms with van der Waals surface area (Å²) >= 11 is 4.38. The average molecular weight is 588 g/mol. The number of hydrogen-bond donors (Lipinski definition) is 1. The van der Waals surface area contributed by atoms with Crippen LogP contribution in [-0.2, 0) is 11.3 Å². The maximum Gasteiger partial charge on any atom is 0.262 e. The Labute approximate surface area is 186 Å². The van der Waals surface area contributed by atoms with E-state index in [0.717, 1.165) is 29.8 Å². The molecule has 0 saturated heterocycles. The first-order chi connectivity index (χ1) is 13.0. The third-order valence-corrected chi connectivity index (χ3v) is 5.20. The number of hydrogen-bond acceptors (Lipinski definition) is 4. The standard InChI is InChI=1S/C20H18I2N2O3/c1-3-27-19-17(21)9-14(10-18(19)22)8-15(11-23)20(25)24-12-13-4-6-16(26-2)7-5-13/h4-10H,3,12H2,1-2H3,(H,24,25)/b15-8-. The zero-order chi connectivity index (χ0) is 19.8. The lowest BCUT2D eigenvalue weighted by Crippen LogP contribution is -2.23. The Kier molecular flexibility index (Phi) is 8.37. The van der Waals surface area contributed by atoms with Gasteiger partial charge in [-0.05, 0) is 93.6 Å². The molecule has 0 atom stereocenters. The molecule has 7 heteroatoms. The fourth-order valence-corrected chi connectivity index (χ4v) is 4.41. The second-order valence-electron chi connectivity index (χ2n) is 5.45. The number of rotatable bonds is 7. The van der Waals surface area contributed by atoms with E-state index in [1.165, 1.54) is 0 Å². The number of amides is 1. The molecular weight excluding hydrogens is 570 g/mol. The van der Waals surface area contributed by atoms with Crippen molar-refractivity contribution in [1.29, 1.82) is 5.26 Å². The van der Waals surface area contributed by atoms with E-state index in [4.69, 9.17) is 9.47 Å². The number of benzene rings is 2. The lowest BCUT2D eigenvalue weighted by molar-refractivity contribution is -0.117. The van der Waals surface area contributed by atoms with E-state index in [-0.39, 0.29) is 5.57 Å². The van der Waals surface area contributed by atoms with Gasteiger partial charge in [0.05, 0.1) is 20.9 Å². The van der Waals surface area contributed by atoms with Crippen molar-refractivity contribution in [2.75, 3.05) is 13.7 Å². The quantitative estimate of drug-likeness (QED) is 0.294. The van der Waals surface area contributed by atoms with Gasteiger partial charge in [-0.15, -0.1) is 0 Å². The van der Waals surface area contributed by atoms with Crippen LogP contribution in [0, 0.1) is 18.5 Å². The number of carbonyl (C=O) groups excluding carboxylic acids is 1. The van der Waals surface area contributed by atoms with Gasteiger partial charge < -0.3 is 14.8 Å². The van der Waals surface area contributed by atoms with Gasteiger partial charge in [0.15, 0.2) is 0 Å². The molecule has 0 aliphatic rings. The molecular formula is C20H18I2N2O3. The zero-order valence-corrected chi connectivity index (χ0v) is 19.2. The van der Waals surface area contributed by atoms with Gasteiger partial charge in [-0.25, -0.2) is 0 Å². The van der Waals surface area contributed by atoms with Crippen LogP contribution in [0.4, 0.5) is 0 Å². The Morgan fingerprint density at radius 2 is 1.85 bits per heavy atom. The minimum atomic E-state index is -0.410. The fraction of sp³-hybridized carbons (Fsp3) is 0.200. The minimum absolute atomic E-state index is 0.0549. The molecule has 1 amide bonds. The SMILES string of the molecule is CCOc1c(I)cc(/C=C(/C#N)C(=O)NCc2ccc(OC)cc2)cc1I. The summed E-state index contributed by atoms with van der Waals surface area (Å²) in [4.78, 5) is 12.4. The summed E-state index contributed by atoms with van der Waals surface area (Å²) in [6, 6.07) is 13.1. The van der Waals surface area contributed by atoms with Crippen LogP contribution in [0.15, 0.2) is 42.0 Å². The smallest absolute Gasteiger partial charge is 0.262 e. The molecule has 27 heavy (non-hydrogen) atoms. The molecule has 0 radical (unpaired) electrons. The maximum atomic E-state index is 12.4. The van der Waals surface area contributed by atoms with Crippen molar-refractivity contribution >= 4 is 57.2 Å². The largest absolute Gasteiger partial charge is 0.497 e. The maximum absolute atomic E-state index is 12.4. The molecule has 0 aliphatic heterocycles. The second kappa shape index (κ2) is 10.5. The summed E-state index contributed by atoms with van der Waals surface area (Å²) in [6.07, 6.45) is 1.59. The molecule has 0 saturated carbocycles.